The summed E-state index contributed by atoms with van der Waals surface area (Å²) in [6.45, 7) is 13.5. The summed E-state index contributed by atoms with van der Waals surface area (Å²) in [7, 11) is -3.13. The fourth-order valence-corrected chi connectivity index (χ4v) is 8.16. The molecule has 3 aromatic rings. The average molecular weight is 700 g/mol. The van der Waals surface area contributed by atoms with Crippen LogP contribution in [0.1, 0.15) is 76.8 Å². The van der Waals surface area contributed by atoms with Crippen molar-refractivity contribution in [3.8, 4) is 5.75 Å². The molecule has 1 aromatic heterocycles. The van der Waals surface area contributed by atoms with Gasteiger partial charge in [-0.3, -0.25) is 14.9 Å². The van der Waals surface area contributed by atoms with Crippen molar-refractivity contribution < 1.29 is 17.9 Å². The van der Waals surface area contributed by atoms with Crippen molar-refractivity contribution >= 4 is 44.9 Å². The van der Waals surface area contributed by atoms with Crippen LogP contribution in [0.25, 0.3) is 0 Å². The highest BCUT2D eigenvalue weighted by Crippen LogP contribution is 2.54. The minimum atomic E-state index is -3.13. The number of carbonyl (C=O) groups excluding carboxylic acids is 1. The van der Waals surface area contributed by atoms with E-state index in [0.717, 1.165) is 16.8 Å². The zero-order valence-corrected chi connectivity index (χ0v) is 30.5. The van der Waals surface area contributed by atoms with Gasteiger partial charge in [0, 0.05) is 52.8 Å². The minimum absolute atomic E-state index is 0.00134. The van der Waals surface area contributed by atoms with Crippen molar-refractivity contribution in [3.05, 3.63) is 93.2 Å². The Morgan fingerprint density at radius 3 is 2.04 bits per heavy atom. The van der Waals surface area contributed by atoms with Gasteiger partial charge in [-0.2, -0.15) is 0 Å². The molecule has 0 aliphatic carbocycles. The molecular formula is C36H44Cl2N4O4S. The molecular weight excluding hydrogens is 655 g/mol. The third-order valence-corrected chi connectivity index (χ3v) is 11.1. The number of halogens is 2. The van der Waals surface area contributed by atoms with Crippen LogP contribution in [-0.4, -0.2) is 66.8 Å². The van der Waals surface area contributed by atoms with E-state index in [-0.39, 0.29) is 23.1 Å². The van der Waals surface area contributed by atoms with Crippen molar-refractivity contribution in [2.75, 3.05) is 31.7 Å². The minimum Gasteiger partial charge on any atom is -0.493 e. The Morgan fingerprint density at radius 1 is 0.979 bits per heavy atom. The number of amidine groups is 1. The Labute approximate surface area is 289 Å². The number of hydrogen-bond acceptors (Lipinski definition) is 6. The molecule has 1 saturated heterocycles. The molecule has 0 N–H and O–H groups in total. The highest BCUT2D eigenvalue weighted by Gasteiger charge is 2.60. The van der Waals surface area contributed by atoms with Gasteiger partial charge in [-0.05, 0) is 74.9 Å². The largest absolute Gasteiger partial charge is 0.493 e. The molecule has 8 nitrogen and oxygen atoms in total. The lowest BCUT2D eigenvalue weighted by molar-refractivity contribution is 0.0980. The predicted molar refractivity (Wildman–Crippen MR) is 189 cm³/mol. The number of rotatable bonds is 7. The number of carbonyl (C=O) groups is 1. The highest BCUT2D eigenvalue weighted by molar-refractivity contribution is 7.90. The number of likely N-dealkylation sites (tertiary alicyclic amines) is 1. The zero-order valence-electron chi connectivity index (χ0n) is 28.2. The molecule has 0 saturated carbocycles. The molecule has 0 radical (unpaired) electrons. The lowest BCUT2D eigenvalue weighted by Gasteiger charge is -2.47. The van der Waals surface area contributed by atoms with E-state index in [1.54, 1.807) is 11.1 Å². The maximum absolute atomic E-state index is 15.0. The molecule has 2 aliphatic heterocycles. The maximum Gasteiger partial charge on any atom is 0.326 e. The summed E-state index contributed by atoms with van der Waals surface area (Å²) in [5.74, 6) is 1.15. The van der Waals surface area contributed by atoms with E-state index in [1.165, 1.54) is 6.26 Å². The number of urea groups is 1. The average Bonchev–Trinajstić information content (AvgIpc) is 3.24. The molecule has 0 bridgehead atoms. The lowest BCUT2D eigenvalue weighted by Crippen LogP contribution is -2.59. The van der Waals surface area contributed by atoms with Gasteiger partial charge in [0.25, 0.3) is 0 Å². The number of aliphatic imine (C=N–C) groups is 1. The van der Waals surface area contributed by atoms with Crippen LogP contribution in [0.2, 0.25) is 10.0 Å². The Hall–Kier alpha value is -3.14. The number of nitrogens with zero attached hydrogens (tertiary/aromatic N) is 4. The van der Waals surface area contributed by atoms with Crippen LogP contribution < -0.4 is 4.74 Å². The van der Waals surface area contributed by atoms with Gasteiger partial charge in [-0.15, -0.1) is 0 Å². The van der Waals surface area contributed by atoms with E-state index in [1.807, 2.05) is 80.3 Å². The highest BCUT2D eigenvalue weighted by atomic mass is 35.5. The van der Waals surface area contributed by atoms with Crippen LogP contribution >= 0.6 is 23.2 Å². The Morgan fingerprint density at radius 2 is 1.53 bits per heavy atom. The molecule has 3 heterocycles. The number of benzene rings is 2. The van der Waals surface area contributed by atoms with Gasteiger partial charge in [-0.25, -0.2) is 13.2 Å². The van der Waals surface area contributed by atoms with Crippen molar-refractivity contribution in [1.82, 2.24) is 14.8 Å². The first-order valence-electron chi connectivity index (χ1n) is 16.0. The van der Waals surface area contributed by atoms with Crippen LogP contribution in [0.5, 0.6) is 5.75 Å². The van der Waals surface area contributed by atoms with Crippen LogP contribution in [0.3, 0.4) is 0 Å². The maximum atomic E-state index is 15.0. The number of pyridine rings is 1. The molecule has 2 amide bonds. The van der Waals surface area contributed by atoms with Gasteiger partial charge in [0.15, 0.2) is 0 Å². The molecule has 252 valence electrons. The second-order valence-electron chi connectivity index (χ2n) is 14.0. The fraction of sp³-hybridized carbons (Fsp3) is 0.472. The standard InChI is InChI=1S/C36H44Cl2N4O4S/c1-8-46-30-21-31(34(2,3)4)39-22-29(30)32-40-35(5,25-9-13-27(37)14-10-25)36(6,26-11-15-28(38)16-12-26)42(32)33(43)41-19-17-24(18-20-41)23-47(7,44)45/h9-16,21-22,24H,8,17-20,23H2,1-7H3/t35-,36-/m1/s1. The number of aromatic nitrogens is 1. The SMILES string of the molecule is CCOc1cc(C(C)(C)C)ncc1C1=N[C@](C)(c2ccc(Cl)cc2)[C@@](C)(c2ccc(Cl)cc2)N1C(=O)N1CCC(CS(C)(=O)=O)CC1. The number of ether oxygens (including phenoxy) is 1. The number of piperidine rings is 1. The molecule has 2 aromatic carbocycles. The normalized spacial score (nSPS) is 22.4. The van der Waals surface area contributed by atoms with E-state index in [2.05, 4.69) is 20.8 Å². The molecule has 1 fully saturated rings. The summed E-state index contributed by atoms with van der Waals surface area (Å²) in [5, 5.41) is 1.18. The first-order chi connectivity index (χ1) is 22.0. The third kappa shape index (κ3) is 6.90. The summed E-state index contributed by atoms with van der Waals surface area (Å²) in [6.07, 6.45) is 4.22. The van der Waals surface area contributed by atoms with Crippen molar-refractivity contribution in [2.45, 2.75) is 70.9 Å². The van der Waals surface area contributed by atoms with Crippen molar-refractivity contribution in [3.63, 3.8) is 0 Å². The van der Waals surface area contributed by atoms with E-state index < -0.39 is 20.9 Å². The van der Waals surface area contributed by atoms with E-state index in [0.29, 0.717) is 59.7 Å². The predicted octanol–water partition coefficient (Wildman–Crippen LogP) is 7.85. The monoisotopic (exact) mass is 698 g/mol. The van der Waals surface area contributed by atoms with Crippen LogP contribution in [0.15, 0.2) is 65.8 Å². The molecule has 47 heavy (non-hydrogen) atoms. The van der Waals surface area contributed by atoms with Gasteiger partial charge in [0.2, 0.25) is 0 Å². The first kappa shape index (κ1) is 35.2. The summed E-state index contributed by atoms with van der Waals surface area (Å²) >= 11 is 12.7. The molecule has 11 heteroatoms. The smallest absolute Gasteiger partial charge is 0.326 e. The number of sulfone groups is 1. The van der Waals surface area contributed by atoms with E-state index >= 15 is 4.79 Å². The van der Waals surface area contributed by atoms with Gasteiger partial charge in [0.05, 0.1) is 17.9 Å². The Balaban J connectivity index is 1.72. The van der Waals surface area contributed by atoms with Crippen LogP contribution in [-0.2, 0) is 26.3 Å². The lowest BCUT2D eigenvalue weighted by atomic mass is 9.71. The van der Waals surface area contributed by atoms with Gasteiger partial charge in [0.1, 0.15) is 32.5 Å². The summed E-state index contributed by atoms with van der Waals surface area (Å²) in [4.78, 5) is 29.0. The molecule has 2 aliphatic rings. The third-order valence-electron chi connectivity index (χ3n) is 9.54. The number of amides is 2. The van der Waals surface area contributed by atoms with Crippen molar-refractivity contribution in [2.24, 2.45) is 10.9 Å². The van der Waals surface area contributed by atoms with Crippen LogP contribution in [0.4, 0.5) is 4.79 Å². The Kier molecular flexibility index (Phi) is 9.77. The second kappa shape index (κ2) is 13.1. The zero-order chi connectivity index (χ0) is 34.4. The van der Waals surface area contributed by atoms with Crippen molar-refractivity contribution in [1.29, 1.82) is 0 Å². The molecule has 0 spiro atoms. The Bertz CT molecular complexity index is 1770. The molecule has 5 rings (SSSR count). The summed E-state index contributed by atoms with van der Waals surface area (Å²) in [5.41, 5.74) is 0.911. The summed E-state index contributed by atoms with van der Waals surface area (Å²) in [6, 6.07) is 16.8. The van der Waals surface area contributed by atoms with E-state index in [4.69, 9.17) is 37.9 Å². The molecule has 2 atom stereocenters. The first-order valence-corrected chi connectivity index (χ1v) is 18.8. The van der Waals surface area contributed by atoms with Gasteiger partial charge in [-0.1, -0.05) is 68.2 Å². The van der Waals surface area contributed by atoms with E-state index in [9.17, 15) is 8.42 Å². The summed E-state index contributed by atoms with van der Waals surface area (Å²) < 4.78 is 30.3. The second-order valence-corrected chi connectivity index (χ2v) is 17.0. The van der Waals surface area contributed by atoms with Gasteiger partial charge >= 0.3 is 6.03 Å². The molecule has 0 unspecified atom stereocenters. The quantitative estimate of drug-likeness (QED) is 0.251. The van der Waals surface area contributed by atoms with Crippen LogP contribution in [0, 0.1) is 5.92 Å². The fourth-order valence-electron chi connectivity index (χ4n) is 6.72. The van der Waals surface area contributed by atoms with Gasteiger partial charge < -0.3 is 9.64 Å². The number of hydrogen-bond donors (Lipinski definition) is 0. The topological polar surface area (TPSA) is 92.2 Å².